The van der Waals surface area contributed by atoms with Crippen LogP contribution in [0.4, 0.5) is 4.39 Å². The standard InChI is InChI=1S/C17H24FN3/c1-13(2)20-11-16-5-3-4-8-21(16)12-15-7-6-14(10-19)9-17(15)18/h6-7,9,13,16,20H,3-5,8,11-12H2,1-2H3. The average Bonchev–Trinajstić information content (AvgIpc) is 2.48. The minimum absolute atomic E-state index is 0.268. The maximum absolute atomic E-state index is 14.0. The van der Waals surface area contributed by atoms with Crippen molar-refractivity contribution < 1.29 is 4.39 Å². The van der Waals surface area contributed by atoms with Crippen molar-refractivity contribution in [1.29, 1.82) is 5.26 Å². The Hall–Kier alpha value is -1.44. The highest BCUT2D eigenvalue weighted by Gasteiger charge is 2.23. The van der Waals surface area contributed by atoms with Crippen LogP contribution in [0.5, 0.6) is 0 Å². The van der Waals surface area contributed by atoms with Gasteiger partial charge in [-0.15, -0.1) is 0 Å². The molecule has 0 radical (unpaired) electrons. The van der Waals surface area contributed by atoms with Crippen molar-refractivity contribution in [3.05, 3.63) is 35.1 Å². The van der Waals surface area contributed by atoms with Crippen LogP contribution in [0.25, 0.3) is 0 Å². The van der Waals surface area contributed by atoms with Gasteiger partial charge in [0.15, 0.2) is 0 Å². The maximum atomic E-state index is 14.0. The molecule has 3 nitrogen and oxygen atoms in total. The van der Waals surface area contributed by atoms with Gasteiger partial charge in [0.2, 0.25) is 0 Å². The van der Waals surface area contributed by atoms with Crippen LogP contribution in [-0.4, -0.2) is 30.1 Å². The molecule has 4 heteroatoms. The summed E-state index contributed by atoms with van der Waals surface area (Å²) >= 11 is 0. The monoisotopic (exact) mass is 289 g/mol. The predicted molar refractivity (Wildman–Crippen MR) is 82.3 cm³/mol. The summed E-state index contributed by atoms with van der Waals surface area (Å²) in [5.41, 5.74) is 1.07. The largest absolute Gasteiger partial charge is 0.313 e. The van der Waals surface area contributed by atoms with Crippen molar-refractivity contribution in [3.8, 4) is 6.07 Å². The maximum Gasteiger partial charge on any atom is 0.129 e. The first kappa shape index (κ1) is 15.9. The Bertz CT molecular complexity index is 507. The molecule has 114 valence electrons. The summed E-state index contributed by atoms with van der Waals surface area (Å²) in [5.74, 6) is -0.268. The van der Waals surface area contributed by atoms with Gasteiger partial charge >= 0.3 is 0 Å². The van der Waals surface area contributed by atoms with E-state index in [1.807, 2.05) is 6.07 Å². The van der Waals surface area contributed by atoms with E-state index < -0.39 is 0 Å². The quantitative estimate of drug-likeness (QED) is 0.905. The van der Waals surface area contributed by atoms with Gasteiger partial charge in [-0.25, -0.2) is 4.39 Å². The average molecular weight is 289 g/mol. The molecule has 1 unspecified atom stereocenters. The van der Waals surface area contributed by atoms with Crippen LogP contribution in [-0.2, 0) is 6.54 Å². The Morgan fingerprint density at radius 2 is 2.24 bits per heavy atom. The molecule has 1 aliphatic heterocycles. The number of hydrogen-bond acceptors (Lipinski definition) is 3. The molecule has 0 saturated carbocycles. The van der Waals surface area contributed by atoms with Gasteiger partial charge in [0.05, 0.1) is 11.6 Å². The Morgan fingerprint density at radius 3 is 2.90 bits per heavy atom. The van der Waals surface area contributed by atoms with E-state index in [1.54, 1.807) is 12.1 Å². The van der Waals surface area contributed by atoms with Crippen LogP contribution in [0.1, 0.15) is 44.2 Å². The first-order valence-corrected chi connectivity index (χ1v) is 7.76. The zero-order chi connectivity index (χ0) is 15.2. The van der Waals surface area contributed by atoms with Crippen LogP contribution in [0.15, 0.2) is 18.2 Å². The van der Waals surface area contributed by atoms with E-state index in [-0.39, 0.29) is 5.82 Å². The summed E-state index contributed by atoms with van der Waals surface area (Å²) in [6.45, 7) is 6.89. The van der Waals surface area contributed by atoms with Crippen molar-refractivity contribution >= 4 is 0 Å². The zero-order valence-electron chi connectivity index (χ0n) is 12.9. The molecule has 1 aromatic rings. The number of hydrogen-bond donors (Lipinski definition) is 1. The third kappa shape index (κ3) is 4.52. The molecular formula is C17H24FN3. The normalized spacial score (nSPS) is 19.7. The number of halogens is 1. The summed E-state index contributed by atoms with van der Waals surface area (Å²) in [7, 11) is 0. The minimum Gasteiger partial charge on any atom is -0.313 e. The number of nitriles is 1. The van der Waals surface area contributed by atoms with Crippen LogP contribution in [0, 0.1) is 17.1 Å². The highest BCUT2D eigenvalue weighted by Crippen LogP contribution is 2.21. The molecule has 21 heavy (non-hydrogen) atoms. The van der Waals surface area contributed by atoms with Crippen LogP contribution in [0.3, 0.4) is 0 Å². The van der Waals surface area contributed by atoms with E-state index in [0.29, 0.717) is 29.8 Å². The fourth-order valence-corrected chi connectivity index (χ4v) is 2.83. The number of likely N-dealkylation sites (tertiary alicyclic amines) is 1. The molecule has 1 N–H and O–H groups in total. The molecule has 0 aliphatic carbocycles. The molecule has 0 amide bonds. The Morgan fingerprint density at radius 1 is 1.43 bits per heavy atom. The lowest BCUT2D eigenvalue weighted by atomic mass is 10.0. The minimum atomic E-state index is -0.268. The van der Waals surface area contributed by atoms with E-state index in [9.17, 15) is 4.39 Å². The number of benzene rings is 1. The lowest BCUT2D eigenvalue weighted by Gasteiger charge is -2.36. The van der Waals surface area contributed by atoms with Gasteiger partial charge in [-0.3, -0.25) is 4.90 Å². The number of piperidine rings is 1. The Labute approximate surface area is 126 Å². The van der Waals surface area contributed by atoms with Gasteiger partial charge in [-0.1, -0.05) is 26.3 Å². The fraction of sp³-hybridized carbons (Fsp3) is 0.588. The van der Waals surface area contributed by atoms with E-state index in [2.05, 4.69) is 24.1 Å². The molecular weight excluding hydrogens is 265 g/mol. The zero-order valence-corrected chi connectivity index (χ0v) is 12.9. The third-order valence-corrected chi connectivity index (χ3v) is 4.07. The lowest BCUT2D eigenvalue weighted by molar-refractivity contribution is 0.134. The van der Waals surface area contributed by atoms with Crippen molar-refractivity contribution in [2.75, 3.05) is 13.1 Å². The van der Waals surface area contributed by atoms with Crippen LogP contribution in [0.2, 0.25) is 0 Å². The van der Waals surface area contributed by atoms with Crippen LogP contribution < -0.4 is 5.32 Å². The molecule has 1 saturated heterocycles. The smallest absolute Gasteiger partial charge is 0.129 e. The third-order valence-electron chi connectivity index (χ3n) is 4.07. The van der Waals surface area contributed by atoms with Crippen molar-refractivity contribution in [2.24, 2.45) is 0 Å². The number of rotatable bonds is 5. The summed E-state index contributed by atoms with van der Waals surface area (Å²) in [6, 6.07) is 7.70. The molecule has 0 aromatic heterocycles. The Balaban J connectivity index is 2.03. The topological polar surface area (TPSA) is 39.1 Å². The second-order valence-corrected chi connectivity index (χ2v) is 6.10. The molecule has 1 aliphatic rings. The van der Waals surface area contributed by atoms with Gasteiger partial charge in [0, 0.05) is 30.7 Å². The first-order chi connectivity index (χ1) is 10.1. The molecule has 1 atom stereocenters. The lowest BCUT2D eigenvalue weighted by Crippen LogP contribution is -2.46. The van der Waals surface area contributed by atoms with Gasteiger partial charge in [0.1, 0.15) is 5.82 Å². The van der Waals surface area contributed by atoms with Crippen molar-refractivity contribution in [1.82, 2.24) is 10.2 Å². The first-order valence-electron chi connectivity index (χ1n) is 7.76. The number of nitrogens with one attached hydrogen (secondary N) is 1. The summed E-state index contributed by atoms with van der Waals surface area (Å²) in [4.78, 5) is 2.36. The highest BCUT2D eigenvalue weighted by atomic mass is 19.1. The molecule has 1 fully saturated rings. The van der Waals surface area contributed by atoms with Crippen LogP contribution >= 0.6 is 0 Å². The van der Waals surface area contributed by atoms with E-state index >= 15 is 0 Å². The van der Waals surface area contributed by atoms with Crippen molar-refractivity contribution in [3.63, 3.8) is 0 Å². The molecule has 1 heterocycles. The van der Waals surface area contributed by atoms with E-state index in [0.717, 1.165) is 19.5 Å². The number of nitrogens with zero attached hydrogens (tertiary/aromatic N) is 2. The van der Waals surface area contributed by atoms with E-state index in [4.69, 9.17) is 5.26 Å². The van der Waals surface area contributed by atoms with Gasteiger partial charge in [-0.2, -0.15) is 5.26 Å². The SMILES string of the molecule is CC(C)NCC1CCCCN1Cc1ccc(C#N)cc1F. The Kier molecular flexibility index (Phi) is 5.72. The summed E-state index contributed by atoms with van der Waals surface area (Å²) < 4.78 is 14.0. The molecule has 0 bridgehead atoms. The van der Waals surface area contributed by atoms with Gasteiger partial charge in [0.25, 0.3) is 0 Å². The summed E-state index contributed by atoms with van der Waals surface area (Å²) in [5, 5.41) is 12.3. The second-order valence-electron chi connectivity index (χ2n) is 6.10. The van der Waals surface area contributed by atoms with Gasteiger partial charge in [-0.05, 0) is 31.5 Å². The summed E-state index contributed by atoms with van der Waals surface area (Å²) in [6.07, 6.45) is 3.59. The van der Waals surface area contributed by atoms with Gasteiger partial charge < -0.3 is 5.32 Å². The predicted octanol–water partition coefficient (Wildman–Crippen LogP) is 3.05. The molecule has 1 aromatic carbocycles. The molecule has 0 spiro atoms. The molecule has 2 rings (SSSR count). The fourth-order valence-electron chi connectivity index (χ4n) is 2.83. The second kappa shape index (κ2) is 7.53. The van der Waals surface area contributed by atoms with Crippen molar-refractivity contribution in [2.45, 2.75) is 51.7 Å². The highest BCUT2D eigenvalue weighted by molar-refractivity contribution is 5.32. The van der Waals surface area contributed by atoms with E-state index in [1.165, 1.54) is 18.9 Å².